The van der Waals surface area contributed by atoms with Crippen molar-refractivity contribution in [3.8, 4) is 0 Å². The summed E-state index contributed by atoms with van der Waals surface area (Å²) in [6, 6.07) is 0. The molecule has 5 atom stereocenters. The lowest BCUT2D eigenvalue weighted by Gasteiger charge is -2.30. The molecule has 0 radical (unpaired) electrons. The molecule has 118 valence electrons. The summed E-state index contributed by atoms with van der Waals surface area (Å²) in [7, 11) is -1.77. The molecule has 4 rings (SSSR count). The fourth-order valence-electron chi connectivity index (χ4n) is 2.93. The summed E-state index contributed by atoms with van der Waals surface area (Å²) >= 11 is 0. The molecule has 1 aromatic heterocycles. The fourth-order valence-corrected chi connectivity index (χ4v) is 4.11. The fraction of sp³-hybridized carbons (Fsp3) is 0.600. The number of aliphatic hydroxyl groups excluding tert-OH is 1. The molecule has 1 aromatic rings. The van der Waals surface area contributed by atoms with E-state index >= 15 is 0 Å². The van der Waals surface area contributed by atoms with Gasteiger partial charge >= 0.3 is 0 Å². The van der Waals surface area contributed by atoms with Crippen molar-refractivity contribution in [3.63, 3.8) is 0 Å². The van der Waals surface area contributed by atoms with E-state index in [0.29, 0.717) is 24.0 Å². The quantitative estimate of drug-likeness (QED) is 0.413. The van der Waals surface area contributed by atoms with E-state index in [4.69, 9.17) is 19.5 Å². The number of hydrogen-bond donors (Lipinski definition) is 3. The van der Waals surface area contributed by atoms with Gasteiger partial charge in [-0.25, -0.2) is 9.97 Å². The number of nitrogens with two attached hydrogens (primary N) is 1. The van der Waals surface area contributed by atoms with E-state index in [2.05, 4.69) is 15.3 Å². The van der Waals surface area contributed by atoms with Crippen molar-refractivity contribution in [2.24, 2.45) is 0 Å². The predicted octanol–water partition coefficient (Wildman–Crippen LogP) is -1.51. The summed E-state index contributed by atoms with van der Waals surface area (Å²) < 4.78 is 28.2. The maximum absolute atomic E-state index is 11.9. The minimum atomic E-state index is -3.15. The third-order valence-corrected chi connectivity index (χ3v) is 5.20. The SMILES string of the molecule is BP1(=O)OCC2OC(N3CNc4c(N)ncnc43)C(O)[C@@H]2O1. The summed E-state index contributed by atoms with van der Waals surface area (Å²) in [5.74, 6) is 0.880. The monoisotopic (exact) mass is 327 g/mol. The molecule has 4 heterocycles. The van der Waals surface area contributed by atoms with Gasteiger partial charge in [-0.1, -0.05) is 0 Å². The Kier molecular flexibility index (Phi) is 3.11. The number of nitrogens with zero attached hydrogens (tertiary/aromatic N) is 3. The van der Waals surface area contributed by atoms with Crippen LogP contribution in [0.3, 0.4) is 0 Å². The maximum atomic E-state index is 11.9. The predicted molar refractivity (Wildman–Crippen MR) is 79.1 cm³/mol. The molecule has 0 saturated carbocycles. The molecule has 12 heteroatoms. The molecule has 0 amide bonds. The number of nitrogens with one attached hydrogen (secondary N) is 1. The second-order valence-corrected chi connectivity index (χ2v) is 7.47. The van der Waals surface area contributed by atoms with Gasteiger partial charge in [0.15, 0.2) is 17.9 Å². The Labute approximate surface area is 126 Å². The number of anilines is 3. The number of fused-ring (bicyclic) bond motifs is 2. The standard InChI is InChI=1S/C10H15BN5O5P/c11-22(18)19-1-4-7(21-22)6(17)10(20-4)16-3-15-5-8(12)13-2-14-9(5)16/h2,4,6-7,10,15,17H,1,3,11H2,(H2,12,13,14)/t4?,6?,7-,10?,22?/m1/s1. The Hall–Kier alpha value is -1.39. The van der Waals surface area contributed by atoms with Crippen molar-refractivity contribution in [3.05, 3.63) is 6.33 Å². The molecule has 3 aliphatic heterocycles. The van der Waals surface area contributed by atoms with Crippen molar-refractivity contribution in [1.29, 1.82) is 0 Å². The van der Waals surface area contributed by atoms with Gasteiger partial charge in [0.05, 0.1) is 13.3 Å². The highest BCUT2D eigenvalue weighted by Crippen LogP contribution is 2.51. The lowest BCUT2D eigenvalue weighted by Crippen LogP contribution is -2.45. The normalized spacial score (nSPS) is 40.1. The minimum absolute atomic E-state index is 0.117. The Morgan fingerprint density at radius 3 is 3.18 bits per heavy atom. The molecule has 0 aliphatic carbocycles. The van der Waals surface area contributed by atoms with Gasteiger partial charge in [-0.3, -0.25) is 4.57 Å². The zero-order valence-electron chi connectivity index (χ0n) is 11.7. The first-order valence-corrected chi connectivity index (χ1v) is 8.80. The molecule has 2 saturated heterocycles. The van der Waals surface area contributed by atoms with E-state index in [-0.39, 0.29) is 6.61 Å². The minimum Gasteiger partial charge on any atom is -0.386 e. The van der Waals surface area contributed by atoms with E-state index in [1.54, 1.807) is 4.90 Å². The summed E-state index contributed by atoms with van der Waals surface area (Å²) in [5.41, 5.74) is 6.40. The highest BCUT2D eigenvalue weighted by molar-refractivity contribution is 7.79. The number of aliphatic hydroxyl groups is 1. The van der Waals surface area contributed by atoms with E-state index in [1.807, 2.05) is 0 Å². The largest absolute Gasteiger partial charge is 0.386 e. The molecule has 10 nitrogen and oxygen atoms in total. The average molecular weight is 327 g/mol. The molecular weight excluding hydrogens is 312 g/mol. The molecule has 0 aromatic carbocycles. The number of nitrogen functional groups attached to an aromatic ring is 1. The molecule has 4 N–H and O–H groups in total. The van der Waals surface area contributed by atoms with Crippen LogP contribution in [0.15, 0.2) is 6.33 Å². The van der Waals surface area contributed by atoms with Gasteiger partial charge in [-0.15, -0.1) is 0 Å². The summed E-state index contributed by atoms with van der Waals surface area (Å²) in [6.45, 7) is 0.482. The van der Waals surface area contributed by atoms with Gasteiger partial charge in [0.1, 0.15) is 30.3 Å². The van der Waals surface area contributed by atoms with Crippen LogP contribution in [0.1, 0.15) is 0 Å². The van der Waals surface area contributed by atoms with Crippen LogP contribution < -0.4 is 16.0 Å². The lowest BCUT2D eigenvalue weighted by molar-refractivity contribution is -0.0367. The van der Waals surface area contributed by atoms with Crippen LogP contribution in [-0.4, -0.2) is 60.5 Å². The molecule has 4 unspecified atom stereocenters. The number of aromatic nitrogens is 2. The Morgan fingerprint density at radius 2 is 2.36 bits per heavy atom. The van der Waals surface area contributed by atoms with Gasteiger partial charge in [0.25, 0.3) is 15.0 Å². The second-order valence-electron chi connectivity index (χ2n) is 5.46. The lowest BCUT2D eigenvalue weighted by atomic mass is 10.1. The van der Waals surface area contributed by atoms with Crippen LogP contribution >= 0.6 is 7.47 Å². The van der Waals surface area contributed by atoms with Crippen molar-refractivity contribution < 1.29 is 23.5 Å². The first-order chi connectivity index (χ1) is 10.5. The van der Waals surface area contributed by atoms with Crippen LogP contribution in [0.25, 0.3) is 0 Å². The van der Waals surface area contributed by atoms with Crippen LogP contribution in [0.4, 0.5) is 17.3 Å². The third kappa shape index (κ3) is 2.09. The Balaban J connectivity index is 1.61. The summed E-state index contributed by atoms with van der Waals surface area (Å²) in [6.07, 6.45) is -1.50. The third-order valence-electron chi connectivity index (χ3n) is 3.96. The molecule has 22 heavy (non-hydrogen) atoms. The first-order valence-electron chi connectivity index (χ1n) is 6.81. The number of rotatable bonds is 1. The molecule has 2 fully saturated rings. The second kappa shape index (κ2) is 4.80. The topological polar surface area (TPSA) is 132 Å². The maximum Gasteiger partial charge on any atom is 0.271 e. The van der Waals surface area contributed by atoms with E-state index in [1.165, 1.54) is 13.9 Å². The highest BCUT2D eigenvalue weighted by atomic mass is 31.2. The molecular formula is C10H15BN5O5P. The van der Waals surface area contributed by atoms with E-state index < -0.39 is 32.0 Å². The molecule has 0 spiro atoms. The summed E-state index contributed by atoms with van der Waals surface area (Å²) in [4.78, 5) is 9.83. The highest BCUT2D eigenvalue weighted by Gasteiger charge is 2.53. The van der Waals surface area contributed by atoms with Gasteiger partial charge in [0.2, 0.25) is 0 Å². The van der Waals surface area contributed by atoms with Gasteiger partial charge in [-0.2, -0.15) is 0 Å². The van der Waals surface area contributed by atoms with Gasteiger partial charge in [-0.05, 0) is 0 Å². The Morgan fingerprint density at radius 1 is 1.55 bits per heavy atom. The van der Waals surface area contributed by atoms with E-state index in [9.17, 15) is 9.67 Å². The Bertz CT molecular complexity index is 665. The molecule has 0 bridgehead atoms. The van der Waals surface area contributed by atoms with Crippen LogP contribution in [0, 0.1) is 0 Å². The zero-order chi connectivity index (χ0) is 15.5. The smallest absolute Gasteiger partial charge is 0.271 e. The number of hydrogen-bond acceptors (Lipinski definition) is 10. The van der Waals surface area contributed by atoms with Crippen molar-refractivity contribution in [2.45, 2.75) is 24.5 Å². The number of ether oxygens (including phenoxy) is 1. The van der Waals surface area contributed by atoms with Gasteiger partial charge in [0, 0.05) is 0 Å². The van der Waals surface area contributed by atoms with Crippen LogP contribution in [0.2, 0.25) is 0 Å². The zero-order valence-corrected chi connectivity index (χ0v) is 12.6. The van der Waals surface area contributed by atoms with Crippen molar-refractivity contribution >= 4 is 32.4 Å². The average Bonchev–Trinajstić information content (AvgIpc) is 3.01. The first kappa shape index (κ1) is 14.2. The van der Waals surface area contributed by atoms with Crippen molar-refractivity contribution in [1.82, 2.24) is 9.97 Å². The van der Waals surface area contributed by atoms with Crippen LogP contribution in [-0.2, 0) is 18.3 Å². The van der Waals surface area contributed by atoms with Gasteiger partial charge < -0.3 is 34.8 Å². The summed E-state index contributed by atoms with van der Waals surface area (Å²) in [5, 5.41) is 13.6. The van der Waals surface area contributed by atoms with Crippen molar-refractivity contribution in [2.75, 3.05) is 29.2 Å². The molecule has 3 aliphatic rings. The van der Waals surface area contributed by atoms with Crippen LogP contribution in [0.5, 0.6) is 0 Å². The van der Waals surface area contributed by atoms with E-state index in [0.717, 1.165) is 0 Å².